The minimum absolute atomic E-state index is 0.186. The summed E-state index contributed by atoms with van der Waals surface area (Å²) >= 11 is 0. The van der Waals surface area contributed by atoms with Gasteiger partial charge >= 0.3 is 0 Å². The second-order valence-corrected chi connectivity index (χ2v) is 9.03. The van der Waals surface area contributed by atoms with E-state index >= 15 is 0 Å². The van der Waals surface area contributed by atoms with Gasteiger partial charge in [-0.05, 0) is 69.1 Å². The highest BCUT2D eigenvalue weighted by molar-refractivity contribution is 7.89. The van der Waals surface area contributed by atoms with Gasteiger partial charge in [0.05, 0.1) is 12.0 Å². The van der Waals surface area contributed by atoms with Crippen LogP contribution in [0.1, 0.15) is 30.0 Å². The van der Waals surface area contributed by atoms with Gasteiger partial charge in [-0.15, -0.1) is 0 Å². The van der Waals surface area contributed by atoms with Crippen molar-refractivity contribution in [3.8, 4) is 5.75 Å². The molecular formula is C21H28N2O3S. The standard InChI is InChI=1S/C21H28N2O3S/c1-16-6-12-20(13-7-16)27(24,25)22-15-18-5-4-14-23(2)21(18)17-8-10-19(26-3)11-9-17/h6-13,18,21-22H,4-5,14-15H2,1-3H3. The van der Waals surface area contributed by atoms with Gasteiger partial charge in [0.2, 0.25) is 10.0 Å². The molecule has 2 aromatic carbocycles. The average Bonchev–Trinajstić information content (AvgIpc) is 2.67. The summed E-state index contributed by atoms with van der Waals surface area (Å²) in [5.41, 5.74) is 2.24. The smallest absolute Gasteiger partial charge is 0.240 e. The van der Waals surface area contributed by atoms with E-state index in [1.807, 2.05) is 31.2 Å². The van der Waals surface area contributed by atoms with E-state index in [0.717, 1.165) is 30.7 Å². The second-order valence-electron chi connectivity index (χ2n) is 7.27. The molecule has 2 aromatic rings. The van der Waals surface area contributed by atoms with Crippen LogP contribution in [0.2, 0.25) is 0 Å². The fourth-order valence-electron chi connectivity index (χ4n) is 3.82. The van der Waals surface area contributed by atoms with E-state index in [0.29, 0.717) is 11.4 Å². The lowest BCUT2D eigenvalue weighted by Gasteiger charge is -2.39. The van der Waals surface area contributed by atoms with Crippen molar-refractivity contribution in [1.29, 1.82) is 0 Å². The lowest BCUT2D eigenvalue weighted by molar-refractivity contribution is 0.123. The van der Waals surface area contributed by atoms with Crippen molar-refractivity contribution in [3.05, 3.63) is 59.7 Å². The number of methoxy groups -OCH3 is 1. The fourth-order valence-corrected chi connectivity index (χ4v) is 4.91. The van der Waals surface area contributed by atoms with Gasteiger partial charge in [-0.2, -0.15) is 0 Å². The van der Waals surface area contributed by atoms with Crippen LogP contribution >= 0.6 is 0 Å². The molecule has 1 aliphatic rings. The van der Waals surface area contributed by atoms with Crippen molar-refractivity contribution < 1.29 is 13.2 Å². The molecule has 2 atom stereocenters. The topological polar surface area (TPSA) is 58.6 Å². The molecule has 2 unspecified atom stereocenters. The molecule has 1 saturated heterocycles. The van der Waals surface area contributed by atoms with Crippen molar-refractivity contribution in [1.82, 2.24) is 9.62 Å². The van der Waals surface area contributed by atoms with Crippen LogP contribution in [0.4, 0.5) is 0 Å². The van der Waals surface area contributed by atoms with Gasteiger partial charge in [-0.25, -0.2) is 13.1 Å². The number of benzene rings is 2. The highest BCUT2D eigenvalue weighted by Gasteiger charge is 2.31. The Morgan fingerprint density at radius 2 is 1.78 bits per heavy atom. The Morgan fingerprint density at radius 3 is 2.41 bits per heavy atom. The number of ether oxygens (including phenoxy) is 1. The monoisotopic (exact) mass is 388 g/mol. The Labute approximate surface area is 162 Å². The largest absolute Gasteiger partial charge is 0.497 e. The molecule has 1 N–H and O–H groups in total. The van der Waals surface area contributed by atoms with Gasteiger partial charge in [0.1, 0.15) is 5.75 Å². The van der Waals surface area contributed by atoms with Crippen molar-refractivity contribution in [2.45, 2.75) is 30.7 Å². The summed E-state index contributed by atoms with van der Waals surface area (Å²) in [6.45, 7) is 3.39. The van der Waals surface area contributed by atoms with Crippen molar-refractivity contribution in [2.24, 2.45) is 5.92 Å². The normalized spacial score (nSPS) is 21.1. The van der Waals surface area contributed by atoms with Gasteiger partial charge in [0, 0.05) is 12.6 Å². The van der Waals surface area contributed by atoms with E-state index < -0.39 is 10.0 Å². The lowest BCUT2D eigenvalue weighted by Crippen LogP contribution is -2.41. The summed E-state index contributed by atoms with van der Waals surface area (Å²) in [6, 6.07) is 15.2. The minimum atomic E-state index is -3.50. The first kappa shape index (κ1) is 19.9. The molecule has 0 aromatic heterocycles. The summed E-state index contributed by atoms with van der Waals surface area (Å²) < 4.78 is 33.4. The Kier molecular flexibility index (Phi) is 6.19. The SMILES string of the molecule is COc1ccc(C2C(CNS(=O)(=O)c3ccc(C)cc3)CCCN2C)cc1. The molecule has 0 aliphatic carbocycles. The minimum Gasteiger partial charge on any atom is -0.497 e. The predicted molar refractivity (Wildman–Crippen MR) is 107 cm³/mol. The van der Waals surface area contributed by atoms with Gasteiger partial charge in [-0.1, -0.05) is 29.8 Å². The third-order valence-electron chi connectivity index (χ3n) is 5.33. The molecule has 146 valence electrons. The number of hydrogen-bond donors (Lipinski definition) is 1. The third kappa shape index (κ3) is 4.69. The van der Waals surface area contributed by atoms with E-state index in [1.54, 1.807) is 19.2 Å². The van der Waals surface area contributed by atoms with Crippen molar-refractivity contribution >= 4 is 10.0 Å². The van der Waals surface area contributed by atoms with Gasteiger partial charge in [-0.3, -0.25) is 4.90 Å². The Bertz CT molecular complexity index is 848. The maximum atomic E-state index is 12.7. The number of nitrogens with one attached hydrogen (secondary N) is 1. The summed E-state index contributed by atoms with van der Waals surface area (Å²) in [6.07, 6.45) is 2.07. The van der Waals surface area contributed by atoms with Gasteiger partial charge < -0.3 is 4.74 Å². The van der Waals surface area contributed by atoms with Crippen LogP contribution in [0.5, 0.6) is 5.75 Å². The molecule has 0 radical (unpaired) electrons. The number of piperidine rings is 1. The van der Waals surface area contributed by atoms with Crippen LogP contribution in [-0.4, -0.2) is 40.6 Å². The van der Waals surface area contributed by atoms with Crippen LogP contribution in [0.3, 0.4) is 0 Å². The van der Waals surface area contributed by atoms with Crippen LogP contribution < -0.4 is 9.46 Å². The molecule has 1 aliphatic heterocycles. The number of sulfonamides is 1. The summed E-state index contributed by atoms with van der Waals surface area (Å²) in [5, 5.41) is 0. The zero-order chi connectivity index (χ0) is 19.4. The molecule has 0 amide bonds. The molecule has 6 heteroatoms. The van der Waals surface area contributed by atoms with E-state index in [2.05, 4.69) is 28.8 Å². The van der Waals surface area contributed by atoms with Gasteiger partial charge in [0.25, 0.3) is 0 Å². The lowest BCUT2D eigenvalue weighted by atomic mass is 9.85. The summed E-state index contributed by atoms with van der Waals surface area (Å²) in [7, 11) is 0.265. The molecule has 0 saturated carbocycles. The number of rotatable bonds is 6. The van der Waals surface area contributed by atoms with Crippen LogP contribution in [0.25, 0.3) is 0 Å². The molecular weight excluding hydrogens is 360 g/mol. The molecule has 1 heterocycles. The van der Waals surface area contributed by atoms with Crippen LogP contribution in [0.15, 0.2) is 53.4 Å². The zero-order valence-corrected chi connectivity index (χ0v) is 17.0. The molecule has 3 rings (SSSR count). The Balaban J connectivity index is 1.75. The van der Waals surface area contributed by atoms with Crippen LogP contribution in [0, 0.1) is 12.8 Å². The number of likely N-dealkylation sites (tertiary alicyclic amines) is 1. The molecule has 0 bridgehead atoms. The first-order valence-corrected chi connectivity index (χ1v) is 10.8. The Morgan fingerprint density at radius 1 is 1.11 bits per heavy atom. The molecule has 0 spiro atoms. The van der Waals surface area contributed by atoms with Crippen molar-refractivity contribution in [3.63, 3.8) is 0 Å². The number of nitrogens with zero attached hydrogens (tertiary/aromatic N) is 1. The van der Waals surface area contributed by atoms with Crippen LogP contribution in [-0.2, 0) is 10.0 Å². The number of hydrogen-bond acceptors (Lipinski definition) is 4. The van der Waals surface area contributed by atoms with E-state index in [-0.39, 0.29) is 12.0 Å². The third-order valence-corrected chi connectivity index (χ3v) is 6.77. The first-order chi connectivity index (χ1) is 12.9. The van der Waals surface area contributed by atoms with Crippen molar-refractivity contribution in [2.75, 3.05) is 27.2 Å². The highest BCUT2D eigenvalue weighted by Crippen LogP contribution is 2.35. The highest BCUT2D eigenvalue weighted by atomic mass is 32.2. The summed E-state index contributed by atoms with van der Waals surface area (Å²) in [5.74, 6) is 1.05. The Hall–Kier alpha value is -1.89. The van der Waals surface area contributed by atoms with Gasteiger partial charge in [0.15, 0.2) is 0 Å². The average molecular weight is 389 g/mol. The molecule has 1 fully saturated rings. The number of aryl methyl sites for hydroxylation is 1. The van der Waals surface area contributed by atoms with E-state index in [4.69, 9.17) is 4.74 Å². The van der Waals surface area contributed by atoms with E-state index in [1.165, 1.54) is 5.56 Å². The van der Waals surface area contributed by atoms with E-state index in [9.17, 15) is 8.42 Å². The fraction of sp³-hybridized carbons (Fsp3) is 0.429. The predicted octanol–water partition coefficient (Wildman–Crippen LogP) is 3.37. The molecule has 27 heavy (non-hydrogen) atoms. The maximum Gasteiger partial charge on any atom is 0.240 e. The second kappa shape index (κ2) is 8.42. The first-order valence-electron chi connectivity index (χ1n) is 9.31. The maximum absolute atomic E-state index is 12.7. The quantitative estimate of drug-likeness (QED) is 0.824. The molecule has 5 nitrogen and oxygen atoms in total. The summed E-state index contributed by atoms with van der Waals surface area (Å²) in [4.78, 5) is 2.63. The zero-order valence-electron chi connectivity index (χ0n) is 16.2.